The van der Waals surface area contributed by atoms with Gasteiger partial charge in [0, 0.05) is 66.7 Å². The normalized spacial score (nSPS) is 10.7. The lowest BCUT2D eigenvalue weighted by Gasteiger charge is -2.14. The summed E-state index contributed by atoms with van der Waals surface area (Å²) in [5.74, 6) is -0.153. The third-order valence-electron chi connectivity index (χ3n) is 6.13. The number of aromatic nitrogens is 2. The van der Waals surface area contributed by atoms with Crippen LogP contribution in [0.1, 0.15) is 10.4 Å². The van der Waals surface area contributed by atoms with Crippen LogP contribution in [0.15, 0.2) is 104 Å². The molecule has 2 aromatic heterocycles. The molecule has 0 spiro atoms. The van der Waals surface area contributed by atoms with Crippen LogP contribution in [-0.2, 0) is 7.05 Å². The molecule has 4 N–H and O–H groups in total. The number of nitrogens with zero attached hydrogens (tertiary/aromatic N) is 2. The summed E-state index contributed by atoms with van der Waals surface area (Å²) >= 11 is 0. The Labute approximate surface area is 216 Å². The molecule has 0 radical (unpaired) electrons. The third-order valence-corrected chi connectivity index (χ3v) is 6.13. The molecule has 0 aliphatic carbocycles. The number of carbonyl (C=O) groups excluding carboxylic acids is 1. The Morgan fingerprint density at radius 1 is 0.757 bits per heavy atom. The van der Waals surface area contributed by atoms with Crippen molar-refractivity contribution >= 4 is 50.9 Å². The molecule has 0 fully saturated rings. The Bertz CT molecular complexity index is 1530. The number of amides is 1. The number of H-pyrrole nitrogens is 1. The average molecular weight is 491 g/mol. The lowest BCUT2D eigenvalue weighted by atomic mass is 10.1. The number of hydrogen-bond donors (Lipinski definition) is 3. The fourth-order valence-corrected chi connectivity index (χ4v) is 4.02. The minimum Gasteiger partial charge on any atom is -0.378 e. The maximum Gasteiger partial charge on any atom is 0.255 e. The number of benzene rings is 3. The van der Waals surface area contributed by atoms with E-state index in [4.69, 9.17) is 0 Å². The van der Waals surface area contributed by atoms with E-state index >= 15 is 0 Å². The van der Waals surface area contributed by atoms with E-state index in [9.17, 15) is 4.79 Å². The van der Waals surface area contributed by atoms with Crippen molar-refractivity contribution in [3.05, 3.63) is 109 Å². The minimum absolute atomic E-state index is 0.153. The van der Waals surface area contributed by atoms with Crippen LogP contribution in [0.5, 0.6) is 0 Å². The van der Waals surface area contributed by atoms with Gasteiger partial charge in [0.05, 0.1) is 16.8 Å². The van der Waals surface area contributed by atoms with E-state index in [1.807, 2.05) is 111 Å². The van der Waals surface area contributed by atoms with Gasteiger partial charge in [-0.3, -0.25) is 4.79 Å². The second kappa shape index (κ2) is 10.4. The van der Waals surface area contributed by atoms with E-state index in [0.717, 1.165) is 45.0 Å². The third kappa shape index (κ3) is 5.67. The van der Waals surface area contributed by atoms with Gasteiger partial charge in [-0.2, -0.15) is 0 Å². The monoisotopic (exact) mass is 490 g/mol. The first-order valence-corrected chi connectivity index (χ1v) is 12.1. The highest BCUT2D eigenvalue weighted by molar-refractivity contribution is 6.04. The predicted molar refractivity (Wildman–Crippen MR) is 150 cm³/mol. The Morgan fingerprint density at radius 2 is 1.38 bits per heavy atom. The van der Waals surface area contributed by atoms with Crippen LogP contribution in [0.2, 0.25) is 0 Å². The fraction of sp³-hybridized carbons (Fsp3) is 0.100. The van der Waals surface area contributed by atoms with E-state index < -0.39 is 0 Å². The zero-order valence-corrected chi connectivity index (χ0v) is 21.1. The van der Waals surface area contributed by atoms with Gasteiger partial charge in [-0.05, 0) is 60.7 Å². The summed E-state index contributed by atoms with van der Waals surface area (Å²) in [6.45, 7) is 0. The zero-order chi connectivity index (χ0) is 25.8. The Balaban J connectivity index is 1.24. The van der Waals surface area contributed by atoms with Crippen molar-refractivity contribution in [1.29, 1.82) is 0 Å². The number of rotatable bonds is 7. The van der Waals surface area contributed by atoms with Gasteiger partial charge in [0.2, 0.25) is 5.52 Å². The van der Waals surface area contributed by atoms with Crippen molar-refractivity contribution in [2.24, 2.45) is 7.05 Å². The standard InChI is InChI=1S/C30H28N6O/c1-35(2)26-12-13-28-27(20-26)29(14-17-31-28)33-23-8-10-24(11-9-23)34-30(37)21-4-6-22(7-5-21)32-25-15-18-36(3)19-16-25/h4-20H,1-3H3,(H2,31,33,34,37)/p+2. The molecular formula is C30H30N6O+2. The summed E-state index contributed by atoms with van der Waals surface area (Å²) in [5, 5.41) is 10.9. The number of aryl methyl sites for hydroxylation is 1. The van der Waals surface area contributed by atoms with E-state index in [0.29, 0.717) is 5.56 Å². The van der Waals surface area contributed by atoms with Crippen molar-refractivity contribution < 1.29 is 14.3 Å². The highest BCUT2D eigenvalue weighted by Gasteiger charge is 2.10. The first-order valence-electron chi connectivity index (χ1n) is 12.1. The average Bonchev–Trinajstić information content (AvgIpc) is 2.91. The molecule has 1 amide bonds. The molecule has 5 rings (SSSR count). The topological polar surface area (TPSA) is 74.4 Å². The molecule has 7 heteroatoms. The lowest BCUT2D eigenvalue weighted by molar-refractivity contribution is -0.671. The number of nitrogens with one attached hydrogen (secondary N) is 4. The van der Waals surface area contributed by atoms with Crippen molar-refractivity contribution in [1.82, 2.24) is 0 Å². The van der Waals surface area contributed by atoms with Crippen molar-refractivity contribution in [2.45, 2.75) is 0 Å². The summed E-state index contributed by atoms with van der Waals surface area (Å²) in [6.07, 6.45) is 5.88. The molecule has 7 nitrogen and oxygen atoms in total. The molecule has 0 saturated carbocycles. The first-order chi connectivity index (χ1) is 17.9. The minimum atomic E-state index is -0.153. The zero-order valence-electron chi connectivity index (χ0n) is 21.1. The summed E-state index contributed by atoms with van der Waals surface area (Å²) in [6, 6.07) is 27.5. The SMILES string of the molecule is CN(C)c1ccc2[nH+]ccc(Nc3ccc(NC(=O)c4ccc(Nc5cc[n+](C)cc5)cc4)cc3)c2c1. The van der Waals surface area contributed by atoms with Gasteiger partial charge >= 0.3 is 0 Å². The molecule has 3 aromatic carbocycles. The summed E-state index contributed by atoms with van der Waals surface area (Å²) in [7, 11) is 6.04. The van der Waals surface area contributed by atoms with Gasteiger partial charge in [-0.1, -0.05) is 0 Å². The fourth-order valence-electron chi connectivity index (χ4n) is 4.02. The second-order valence-corrected chi connectivity index (χ2v) is 9.13. The van der Waals surface area contributed by atoms with Crippen LogP contribution in [0, 0.1) is 0 Å². The van der Waals surface area contributed by atoms with Crippen LogP contribution in [0.25, 0.3) is 10.9 Å². The number of fused-ring (bicyclic) bond motifs is 1. The maximum atomic E-state index is 12.8. The molecule has 5 aromatic rings. The van der Waals surface area contributed by atoms with Crippen LogP contribution in [0.3, 0.4) is 0 Å². The van der Waals surface area contributed by atoms with Crippen molar-refractivity contribution in [2.75, 3.05) is 34.9 Å². The molecule has 37 heavy (non-hydrogen) atoms. The molecule has 0 aliphatic rings. The highest BCUT2D eigenvalue weighted by atomic mass is 16.1. The maximum absolute atomic E-state index is 12.8. The summed E-state index contributed by atoms with van der Waals surface area (Å²) in [4.78, 5) is 18.2. The van der Waals surface area contributed by atoms with Gasteiger partial charge in [0.1, 0.15) is 7.05 Å². The van der Waals surface area contributed by atoms with Gasteiger partial charge in [0.15, 0.2) is 18.6 Å². The van der Waals surface area contributed by atoms with Crippen LogP contribution in [0.4, 0.5) is 34.1 Å². The smallest absolute Gasteiger partial charge is 0.255 e. The van der Waals surface area contributed by atoms with Gasteiger partial charge in [0.25, 0.3) is 5.91 Å². The van der Waals surface area contributed by atoms with E-state index in [1.165, 1.54) is 0 Å². The van der Waals surface area contributed by atoms with E-state index in [2.05, 4.69) is 44.0 Å². The summed E-state index contributed by atoms with van der Waals surface area (Å²) in [5.41, 5.74) is 7.36. The quantitative estimate of drug-likeness (QED) is 0.271. The van der Waals surface area contributed by atoms with Gasteiger partial charge < -0.3 is 20.9 Å². The van der Waals surface area contributed by atoms with E-state index in [1.54, 1.807) is 0 Å². The number of carbonyl (C=O) groups is 1. The van der Waals surface area contributed by atoms with Crippen LogP contribution >= 0.6 is 0 Å². The molecular weight excluding hydrogens is 460 g/mol. The Morgan fingerprint density at radius 3 is 2.08 bits per heavy atom. The number of pyridine rings is 2. The Kier molecular flexibility index (Phi) is 6.68. The largest absolute Gasteiger partial charge is 0.378 e. The predicted octanol–water partition coefficient (Wildman–Crippen LogP) is 5.28. The molecule has 0 unspecified atom stereocenters. The van der Waals surface area contributed by atoms with Crippen LogP contribution < -0.4 is 30.4 Å². The summed E-state index contributed by atoms with van der Waals surface area (Å²) < 4.78 is 1.98. The van der Waals surface area contributed by atoms with Crippen molar-refractivity contribution in [3.63, 3.8) is 0 Å². The highest BCUT2D eigenvalue weighted by Crippen LogP contribution is 2.28. The number of hydrogen-bond acceptors (Lipinski definition) is 4. The lowest BCUT2D eigenvalue weighted by Crippen LogP contribution is -2.25. The molecule has 2 heterocycles. The Hall–Kier alpha value is -4.91. The number of anilines is 6. The first kappa shape index (κ1) is 23.8. The van der Waals surface area contributed by atoms with Gasteiger partial charge in [-0.15, -0.1) is 0 Å². The van der Waals surface area contributed by atoms with Crippen molar-refractivity contribution in [3.8, 4) is 0 Å². The molecule has 0 atom stereocenters. The molecule has 0 bridgehead atoms. The second-order valence-electron chi connectivity index (χ2n) is 9.13. The van der Waals surface area contributed by atoms with Crippen LogP contribution in [-0.4, -0.2) is 20.0 Å². The number of aromatic amines is 1. The van der Waals surface area contributed by atoms with E-state index in [-0.39, 0.29) is 5.91 Å². The molecule has 184 valence electrons. The molecule has 0 aliphatic heterocycles. The molecule has 0 saturated heterocycles. The van der Waals surface area contributed by atoms with Gasteiger partial charge in [-0.25, -0.2) is 9.55 Å².